The maximum atomic E-state index is 11.2. The quantitative estimate of drug-likeness (QED) is 0.884. The molecule has 1 fully saturated rings. The van der Waals surface area contributed by atoms with E-state index in [-0.39, 0.29) is 6.04 Å². The van der Waals surface area contributed by atoms with Crippen LogP contribution in [0.2, 0.25) is 5.02 Å². The number of aromatic nitrogens is 2. The second kappa shape index (κ2) is 5.38. The number of sulfonamides is 1. The summed E-state index contributed by atoms with van der Waals surface area (Å²) >= 11 is 5.73. The third-order valence-corrected chi connectivity index (χ3v) is 3.65. The number of nitrogens with zero attached hydrogens (tertiary/aromatic N) is 3. The molecule has 2 rings (SSSR count). The van der Waals surface area contributed by atoms with Crippen LogP contribution in [0.4, 0.5) is 5.95 Å². The highest BCUT2D eigenvalue weighted by Gasteiger charge is 2.23. The molecule has 0 aromatic carbocycles. The topological polar surface area (TPSA) is 75.2 Å². The van der Waals surface area contributed by atoms with Gasteiger partial charge in [-0.15, -0.1) is 0 Å². The van der Waals surface area contributed by atoms with Gasteiger partial charge in [0.1, 0.15) is 0 Å². The molecule has 100 valence electrons. The SMILES string of the molecule is CS(=O)(=O)NC1CCCN(c2ncc(Cl)cn2)C1. The molecule has 1 atom stereocenters. The Morgan fingerprint density at radius 2 is 2.11 bits per heavy atom. The van der Waals surface area contributed by atoms with Crippen molar-refractivity contribution in [3.8, 4) is 0 Å². The molecule has 1 aliphatic rings. The molecular formula is C10H15ClN4O2S. The molecule has 1 aromatic rings. The van der Waals surface area contributed by atoms with Crippen molar-refractivity contribution in [1.82, 2.24) is 14.7 Å². The van der Waals surface area contributed by atoms with Gasteiger partial charge in [0.25, 0.3) is 0 Å². The van der Waals surface area contributed by atoms with Crippen LogP contribution in [0.25, 0.3) is 0 Å². The largest absolute Gasteiger partial charge is 0.339 e. The summed E-state index contributed by atoms with van der Waals surface area (Å²) in [6, 6.07) is -0.0898. The molecule has 18 heavy (non-hydrogen) atoms. The average Bonchev–Trinajstić information content (AvgIpc) is 2.28. The molecule has 0 amide bonds. The van der Waals surface area contributed by atoms with Crippen molar-refractivity contribution in [3.63, 3.8) is 0 Å². The van der Waals surface area contributed by atoms with Crippen LogP contribution in [-0.2, 0) is 10.0 Å². The van der Waals surface area contributed by atoms with Gasteiger partial charge < -0.3 is 4.90 Å². The molecule has 1 aromatic heterocycles. The molecule has 0 spiro atoms. The van der Waals surface area contributed by atoms with E-state index in [0.29, 0.717) is 17.5 Å². The van der Waals surface area contributed by atoms with Crippen LogP contribution < -0.4 is 9.62 Å². The number of piperidine rings is 1. The van der Waals surface area contributed by atoms with Gasteiger partial charge in [-0.2, -0.15) is 0 Å². The van der Waals surface area contributed by atoms with Gasteiger partial charge in [0.2, 0.25) is 16.0 Å². The molecule has 2 heterocycles. The van der Waals surface area contributed by atoms with Crippen molar-refractivity contribution in [2.45, 2.75) is 18.9 Å². The lowest BCUT2D eigenvalue weighted by Crippen LogP contribution is -2.47. The number of hydrogen-bond donors (Lipinski definition) is 1. The molecule has 1 saturated heterocycles. The summed E-state index contributed by atoms with van der Waals surface area (Å²) < 4.78 is 25.0. The van der Waals surface area contributed by atoms with E-state index in [9.17, 15) is 8.42 Å². The fourth-order valence-electron chi connectivity index (χ4n) is 2.03. The van der Waals surface area contributed by atoms with E-state index in [4.69, 9.17) is 11.6 Å². The van der Waals surface area contributed by atoms with Crippen molar-refractivity contribution < 1.29 is 8.42 Å². The first-order valence-corrected chi connectivity index (χ1v) is 7.91. The summed E-state index contributed by atoms with van der Waals surface area (Å²) in [6.45, 7) is 1.40. The molecule has 0 saturated carbocycles. The Hall–Kier alpha value is -0.920. The van der Waals surface area contributed by atoms with Crippen molar-refractivity contribution in [2.24, 2.45) is 0 Å². The fourth-order valence-corrected chi connectivity index (χ4v) is 2.92. The van der Waals surface area contributed by atoms with E-state index < -0.39 is 10.0 Å². The van der Waals surface area contributed by atoms with Gasteiger partial charge in [0.05, 0.1) is 23.7 Å². The second-order valence-corrected chi connectivity index (χ2v) is 6.59. The molecule has 0 aliphatic carbocycles. The van der Waals surface area contributed by atoms with Gasteiger partial charge in [-0.3, -0.25) is 0 Å². The smallest absolute Gasteiger partial charge is 0.225 e. The summed E-state index contributed by atoms with van der Waals surface area (Å²) in [6.07, 6.45) is 5.98. The van der Waals surface area contributed by atoms with Crippen LogP contribution in [0, 0.1) is 0 Å². The zero-order valence-corrected chi connectivity index (χ0v) is 11.6. The predicted molar refractivity (Wildman–Crippen MR) is 70.3 cm³/mol. The number of hydrogen-bond acceptors (Lipinski definition) is 5. The van der Waals surface area contributed by atoms with Gasteiger partial charge >= 0.3 is 0 Å². The monoisotopic (exact) mass is 290 g/mol. The maximum absolute atomic E-state index is 11.2. The summed E-state index contributed by atoms with van der Waals surface area (Å²) in [5.41, 5.74) is 0. The van der Waals surface area contributed by atoms with Gasteiger partial charge in [-0.25, -0.2) is 23.1 Å². The molecule has 8 heteroatoms. The summed E-state index contributed by atoms with van der Waals surface area (Å²) in [7, 11) is -3.17. The van der Waals surface area contributed by atoms with Gasteiger partial charge in [0.15, 0.2) is 0 Å². The Morgan fingerprint density at radius 1 is 1.44 bits per heavy atom. The number of halogens is 1. The minimum atomic E-state index is -3.17. The van der Waals surface area contributed by atoms with Crippen LogP contribution in [0.3, 0.4) is 0 Å². The lowest BCUT2D eigenvalue weighted by molar-refractivity contribution is 0.463. The molecule has 0 bridgehead atoms. The van der Waals surface area contributed by atoms with E-state index in [2.05, 4.69) is 14.7 Å². The van der Waals surface area contributed by atoms with E-state index in [1.807, 2.05) is 4.90 Å². The van der Waals surface area contributed by atoms with Gasteiger partial charge in [-0.1, -0.05) is 11.6 Å². The van der Waals surface area contributed by atoms with E-state index in [1.54, 1.807) is 0 Å². The Morgan fingerprint density at radius 3 is 2.72 bits per heavy atom. The van der Waals surface area contributed by atoms with Crippen LogP contribution in [0.15, 0.2) is 12.4 Å². The third kappa shape index (κ3) is 3.79. The first-order chi connectivity index (χ1) is 8.44. The molecule has 0 radical (unpaired) electrons. The van der Waals surface area contributed by atoms with Crippen LogP contribution >= 0.6 is 11.6 Å². The van der Waals surface area contributed by atoms with Crippen LogP contribution in [0.1, 0.15) is 12.8 Å². The molecule has 1 unspecified atom stereocenters. The molecule has 6 nitrogen and oxygen atoms in total. The molecule has 1 N–H and O–H groups in total. The standard InChI is InChI=1S/C10H15ClN4O2S/c1-18(16,17)14-9-3-2-4-15(7-9)10-12-5-8(11)6-13-10/h5-6,9,14H,2-4,7H2,1H3. The Bertz CT molecular complexity index is 505. The number of nitrogens with one attached hydrogen (secondary N) is 1. The lowest BCUT2D eigenvalue weighted by atomic mass is 10.1. The van der Waals surface area contributed by atoms with Crippen molar-refractivity contribution in [3.05, 3.63) is 17.4 Å². The zero-order chi connectivity index (χ0) is 13.2. The molecule has 1 aliphatic heterocycles. The van der Waals surface area contributed by atoms with Gasteiger partial charge in [-0.05, 0) is 12.8 Å². The van der Waals surface area contributed by atoms with E-state index >= 15 is 0 Å². The van der Waals surface area contributed by atoms with Crippen molar-refractivity contribution in [2.75, 3.05) is 24.2 Å². The first kappa shape index (κ1) is 13.5. The predicted octanol–water partition coefficient (Wildman–Crippen LogP) is 0.648. The summed E-state index contributed by atoms with van der Waals surface area (Å²) in [4.78, 5) is 10.2. The summed E-state index contributed by atoms with van der Waals surface area (Å²) in [5.74, 6) is 0.583. The number of anilines is 1. The summed E-state index contributed by atoms with van der Waals surface area (Å²) in [5, 5.41) is 0.488. The zero-order valence-electron chi connectivity index (χ0n) is 10.0. The highest BCUT2D eigenvalue weighted by molar-refractivity contribution is 7.88. The minimum absolute atomic E-state index is 0.0898. The fraction of sp³-hybridized carbons (Fsp3) is 0.600. The van der Waals surface area contributed by atoms with E-state index in [1.165, 1.54) is 18.6 Å². The number of rotatable bonds is 3. The highest BCUT2D eigenvalue weighted by Crippen LogP contribution is 2.17. The van der Waals surface area contributed by atoms with Crippen molar-refractivity contribution in [1.29, 1.82) is 0 Å². The highest BCUT2D eigenvalue weighted by atomic mass is 35.5. The Balaban J connectivity index is 2.04. The maximum Gasteiger partial charge on any atom is 0.225 e. The lowest BCUT2D eigenvalue weighted by Gasteiger charge is -2.32. The minimum Gasteiger partial charge on any atom is -0.339 e. The molecular weight excluding hydrogens is 276 g/mol. The average molecular weight is 291 g/mol. The van der Waals surface area contributed by atoms with Gasteiger partial charge in [0, 0.05) is 19.1 Å². The third-order valence-electron chi connectivity index (χ3n) is 2.69. The van der Waals surface area contributed by atoms with Crippen LogP contribution in [-0.4, -0.2) is 43.8 Å². The van der Waals surface area contributed by atoms with Crippen molar-refractivity contribution >= 4 is 27.6 Å². The second-order valence-electron chi connectivity index (χ2n) is 4.38. The van der Waals surface area contributed by atoms with E-state index in [0.717, 1.165) is 19.4 Å². The van der Waals surface area contributed by atoms with Crippen LogP contribution in [0.5, 0.6) is 0 Å². The Labute approximate surface area is 111 Å². The normalized spacial score (nSPS) is 21.0. The first-order valence-electron chi connectivity index (χ1n) is 5.64. The Kier molecular flexibility index (Phi) is 4.04.